The van der Waals surface area contributed by atoms with Gasteiger partial charge in [0, 0.05) is 39.5 Å². The van der Waals surface area contributed by atoms with Crippen molar-refractivity contribution in [3.63, 3.8) is 0 Å². The van der Waals surface area contributed by atoms with E-state index in [0.717, 1.165) is 44.4 Å². The number of ether oxygens (including phenoxy) is 1. The minimum absolute atomic E-state index is 0.775. The number of anilines is 2. The summed E-state index contributed by atoms with van der Waals surface area (Å²) in [5.74, 6) is 1.77. The van der Waals surface area contributed by atoms with Gasteiger partial charge in [-0.3, -0.25) is 0 Å². The lowest BCUT2D eigenvalue weighted by Gasteiger charge is -2.20. The predicted molar refractivity (Wildman–Crippen MR) is 77.7 cm³/mol. The van der Waals surface area contributed by atoms with Gasteiger partial charge in [-0.25, -0.2) is 4.98 Å². The molecule has 0 bridgehead atoms. The lowest BCUT2D eigenvalue weighted by molar-refractivity contribution is 0.198. The van der Waals surface area contributed by atoms with E-state index in [2.05, 4.69) is 20.2 Å². The summed E-state index contributed by atoms with van der Waals surface area (Å²) < 4.78 is 5.03. The van der Waals surface area contributed by atoms with Crippen LogP contribution in [0.15, 0.2) is 12.3 Å². The van der Waals surface area contributed by atoms with Gasteiger partial charge in [0.25, 0.3) is 0 Å². The van der Waals surface area contributed by atoms with Crippen LogP contribution < -0.4 is 10.2 Å². The van der Waals surface area contributed by atoms with Gasteiger partial charge in [-0.2, -0.15) is 4.98 Å². The second-order valence-electron chi connectivity index (χ2n) is 4.92. The molecule has 0 saturated carbocycles. The highest BCUT2D eigenvalue weighted by Gasteiger charge is 2.12. The lowest BCUT2D eigenvalue weighted by Crippen LogP contribution is -2.26. The van der Waals surface area contributed by atoms with Gasteiger partial charge in [-0.15, -0.1) is 0 Å². The molecule has 1 N–H and O–H groups in total. The highest BCUT2D eigenvalue weighted by Crippen LogP contribution is 2.16. The smallest absolute Gasteiger partial charge is 0.227 e. The van der Waals surface area contributed by atoms with Crippen molar-refractivity contribution in [3.8, 4) is 0 Å². The van der Waals surface area contributed by atoms with Gasteiger partial charge in [0.2, 0.25) is 5.95 Å². The zero-order valence-electron chi connectivity index (χ0n) is 11.8. The second kappa shape index (κ2) is 7.94. The quantitative estimate of drug-likeness (QED) is 0.799. The van der Waals surface area contributed by atoms with Gasteiger partial charge in [-0.1, -0.05) is 12.8 Å². The third-order valence-corrected chi connectivity index (χ3v) is 3.36. The van der Waals surface area contributed by atoms with E-state index in [4.69, 9.17) is 4.74 Å². The second-order valence-corrected chi connectivity index (χ2v) is 4.92. The van der Waals surface area contributed by atoms with Gasteiger partial charge in [0.15, 0.2) is 0 Å². The Kier molecular flexibility index (Phi) is 5.88. The van der Waals surface area contributed by atoms with E-state index in [9.17, 15) is 0 Å². The normalized spacial score (nSPS) is 16.2. The fraction of sp³-hybridized carbons (Fsp3) is 0.714. The Labute approximate surface area is 115 Å². The standard InChI is InChI=1S/C14H24N4O/c1-19-12-6-8-15-13-7-9-16-14(17-13)18-10-4-2-3-5-11-18/h7,9H,2-6,8,10-12H2,1H3,(H,15,16,17). The Balaban J connectivity index is 1.90. The van der Waals surface area contributed by atoms with Crippen molar-refractivity contribution in [2.24, 2.45) is 0 Å². The molecule has 0 spiro atoms. The SMILES string of the molecule is COCCCNc1ccnc(N2CCCCCC2)n1. The predicted octanol–water partition coefficient (Wildman–Crippen LogP) is 2.31. The first kappa shape index (κ1) is 14.1. The molecule has 19 heavy (non-hydrogen) atoms. The van der Waals surface area contributed by atoms with Gasteiger partial charge in [0.05, 0.1) is 0 Å². The number of nitrogens with one attached hydrogen (secondary N) is 1. The fourth-order valence-electron chi connectivity index (χ4n) is 2.30. The van der Waals surface area contributed by atoms with E-state index >= 15 is 0 Å². The molecular formula is C14H24N4O. The fourth-order valence-corrected chi connectivity index (χ4v) is 2.30. The maximum atomic E-state index is 5.03. The first-order valence-electron chi connectivity index (χ1n) is 7.21. The van der Waals surface area contributed by atoms with E-state index in [0.29, 0.717) is 0 Å². The van der Waals surface area contributed by atoms with Crippen LogP contribution in [0.3, 0.4) is 0 Å². The molecule has 2 heterocycles. The summed E-state index contributed by atoms with van der Waals surface area (Å²) in [6.45, 7) is 3.81. The Morgan fingerprint density at radius 1 is 1.26 bits per heavy atom. The Bertz CT molecular complexity index is 364. The summed E-state index contributed by atoms with van der Waals surface area (Å²) in [6.07, 6.45) is 7.96. The molecule has 5 nitrogen and oxygen atoms in total. The maximum absolute atomic E-state index is 5.03. The number of hydrogen-bond acceptors (Lipinski definition) is 5. The van der Waals surface area contributed by atoms with Crippen LogP contribution in [0.1, 0.15) is 32.1 Å². The van der Waals surface area contributed by atoms with E-state index in [1.165, 1.54) is 25.7 Å². The molecule has 1 fully saturated rings. The van der Waals surface area contributed by atoms with Crippen LogP contribution in [0.5, 0.6) is 0 Å². The molecule has 0 aromatic carbocycles. The summed E-state index contributed by atoms with van der Waals surface area (Å²) in [7, 11) is 1.72. The minimum Gasteiger partial charge on any atom is -0.385 e. The van der Waals surface area contributed by atoms with Crippen molar-refractivity contribution in [3.05, 3.63) is 12.3 Å². The molecule has 1 saturated heterocycles. The summed E-state index contributed by atoms with van der Waals surface area (Å²) >= 11 is 0. The Morgan fingerprint density at radius 2 is 2.05 bits per heavy atom. The molecule has 0 atom stereocenters. The first-order valence-corrected chi connectivity index (χ1v) is 7.21. The Morgan fingerprint density at radius 3 is 2.79 bits per heavy atom. The zero-order chi connectivity index (χ0) is 13.3. The van der Waals surface area contributed by atoms with Crippen LogP contribution >= 0.6 is 0 Å². The molecule has 1 aromatic rings. The van der Waals surface area contributed by atoms with Crippen molar-refractivity contribution >= 4 is 11.8 Å². The van der Waals surface area contributed by atoms with E-state index in [1.54, 1.807) is 7.11 Å². The summed E-state index contributed by atoms with van der Waals surface area (Å²) in [4.78, 5) is 11.3. The first-order chi connectivity index (χ1) is 9.40. The third-order valence-electron chi connectivity index (χ3n) is 3.36. The summed E-state index contributed by atoms with van der Waals surface area (Å²) in [5.41, 5.74) is 0. The highest BCUT2D eigenvalue weighted by molar-refractivity contribution is 5.41. The molecule has 5 heteroatoms. The van der Waals surface area contributed by atoms with Crippen LogP contribution in [-0.2, 0) is 4.74 Å². The minimum atomic E-state index is 0.775. The lowest BCUT2D eigenvalue weighted by atomic mass is 10.2. The molecule has 0 amide bonds. The topological polar surface area (TPSA) is 50.3 Å². The molecule has 106 valence electrons. The van der Waals surface area contributed by atoms with Gasteiger partial charge in [-0.05, 0) is 25.3 Å². The number of nitrogens with zero attached hydrogens (tertiary/aromatic N) is 3. The molecule has 1 aliphatic heterocycles. The highest BCUT2D eigenvalue weighted by atomic mass is 16.5. The Hall–Kier alpha value is -1.36. The van der Waals surface area contributed by atoms with Crippen LogP contribution in [-0.4, -0.2) is 43.3 Å². The van der Waals surface area contributed by atoms with Gasteiger partial charge < -0.3 is 15.0 Å². The number of methoxy groups -OCH3 is 1. The van der Waals surface area contributed by atoms with Crippen LogP contribution in [0, 0.1) is 0 Å². The molecule has 1 aliphatic rings. The number of aromatic nitrogens is 2. The molecule has 0 unspecified atom stereocenters. The van der Waals surface area contributed by atoms with E-state index in [-0.39, 0.29) is 0 Å². The summed E-state index contributed by atoms with van der Waals surface area (Å²) in [6, 6.07) is 1.92. The summed E-state index contributed by atoms with van der Waals surface area (Å²) in [5, 5.41) is 3.32. The number of hydrogen-bond donors (Lipinski definition) is 1. The van der Waals surface area contributed by atoms with E-state index < -0.39 is 0 Å². The average Bonchev–Trinajstić information content (AvgIpc) is 2.73. The van der Waals surface area contributed by atoms with Crippen LogP contribution in [0.2, 0.25) is 0 Å². The molecule has 2 rings (SSSR count). The van der Waals surface area contributed by atoms with Gasteiger partial charge >= 0.3 is 0 Å². The molecule has 1 aromatic heterocycles. The van der Waals surface area contributed by atoms with E-state index in [1.807, 2.05) is 12.3 Å². The van der Waals surface area contributed by atoms with Crippen molar-refractivity contribution < 1.29 is 4.74 Å². The average molecular weight is 264 g/mol. The molecular weight excluding hydrogens is 240 g/mol. The van der Waals surface area contributed by atoms with Crippen LogP contribution in [0.4, 0.5) is 11.8 Å². The van der Waals surface area contributed by atoms with Crippen LogP contribution in [0.25, 0.3) is 0 Å². The molecule has 0 radical (unpaired) electrons. The third kappa shape index (κ3) is 4.67. The van der Waals surface area contributed by atoms with Crippen molar-refractivity contribution in [2.45, 2.75) is 32.1 Å². The molecule has 0 aliphatic carbocycles. The van der Waals surface area contributed by atoms with Crippen molar-refractivity contribution in [1.29, 1.82) is 0 Å². The zero-order valence-corrected chi connectivity index (χ0v) is 11.8. The number of rotatable bonds is 6. The van der Waals surface area contributed by atoms with Gasteiger partial charge in [0.1, 0.15) is 5.82 Å². The largest absolute Gasteiger partial charge is 0.385 e. The monoisotopic (exact) mass is 264 g/mol. The van der Waals surface area contributed by atoms with Crippen molar-refractivity contribution in [2.75, 3.05) is 43.6 Å². The van der Waals surface area contributed by atoms with Crippen molar-refractivity contribution in [1.82, 2.24) is 9.97 Å². The maximum Gasteiger partial charge on any atom is 0.227 e.